The van der Waals surface area contributed by atoms with Crippen LogP contribution in [0, 0.1) is 0 Å². The number of ether oxygens (including phenoxy) is 1. The molecule has 4 rings (SSSR count). The van der Waals surface area contributed by atoms with Gasteiger partial charge < -0.3 is 4.74 Å². The van der Waals surface area contributed by atoms with Crippen molar-refractivity contribution in [1.82, 2.24) is 0 Å². The van der Waals surface area contributed by atoms with Crippen molar-refractivity contribution in [3.63, 3.8) is 0 Å². The van der Waals surface area contributed by atoms with Gasteiger partial charge in [0.05, 0.1) is 12.4 Å². The highest BCUT2D eigenvalue weighted by Crippen LogP contribution is 2.49. The van der Waals surface area contributed by atoms with Crippen LogP contribution in [0.4, 0.5) is 0 Å². The van der Waals surface area contributed by atoms with Crippen LogP contribution in [0.3, 0.4) is 0 Å². The van der Waals surface area contributed by atoms with E-state index >= 15 is 0 Å². The predicted octanol–water partition coefficient (Wildman–Crippen LogP) is 6.13. The zero-order chi connectivity index (χ0) is 17.3. The Morgan fingerprint density at radius 1 is 1.12 bits per heavy atom. The minimum atomic E-state index is 0.0657. The average Bonchev–Trinajstić information content (AvgIpc) is 2.63. The van der Waals surface area contributed by atoms with Crippen molar-refractivity contribution in [2.75, 3.05) is 6.61 Å². The van der Waals surface area contributed by atoms with Gasteiger partial charge in [-0.3, -0.25) is 0 Å². The fourth-order valence-electron chi connectivity index (χ4n) is 4.36. The van der Waals surface area contributed by atoms with Gasteiger partial charge in [-0.2, -0.15) is 0 Å². The third kappa shape index (κ3) is 3.08. The maximum absolute atomic E-state index is 5.85. The standard InChI is InChI=1S/C23H23BrO/c1-2-25-21-12-13-23(16-17-6-4-3-5-7-17)19(15-21)9-8-18-14-20(24)10-11-22(18)23/h3-7,9-11,14-15H,2,8,12-13,16H2,1H3/t23-/m0/s1. The monoisotopic (exact) mass is 394 g/mol. The molecule has 0 unspecified atom stereocenters. The topological polar surface area (TPSA) is 9.23 Å². The lowest BCUT2D eigenvalue weighted by Crippen LogP contribution is -2.36. The Bertz CT molecular complexity index is 834. The molecular weight excluding hydrogens is 372 g/mol. The van der Waals surface area contributed by atoms with Gasteiger partial charge in [0, 0.05) is 16.3 Å². The molecule has 0 bridgehead atoms. The van der Waals surface area contributed by atoms with E-state index in [-0.39, 0.29) is 5.41 Å². The molecule has 0 fully saturated rings. The van der Waals surface area contributed by atoms with Crippen molar-refractivity contribution < 1.29 is 4.74 Å². The fourth-order valence-corrected chi connectivity index (χ4v) is 4.76. The quantitative estimate of drug-likeness (QED) is 0.606. The summed E-state index contributed by atoms with van der Waals surface area (Å²) in [6.45, 7) is 2.81. The first-order valence-electron chi connectivity index (χ1n) is 9.08. The minimum Gasteiger partial charge on any atom is -0.498 e. The SMILES string of the molecule is CCOC1=CC2=CCc3cc(Br)ccc3[C@]2(Cc2ccccc2)CC1. The smallest absolute Gasteiger partial charge is 0.0962 e. The molecule has 0 N–H and O–H groups in total. The Morgan fingerprint density at radius 3 is 2.76 bits per heavy atom. The summed E-state index contributed by atoms with van der Waals surface area (Å²) in [5.74, 6) is 1.14. The molecule has 0 aliphatic heterocycles. The van der Waals surface area contributed by atoms with Crippen LogP contribution >= 0.6 is 15.9 Å². The molecule has 1 atom stereocenters. The van der Waals surface area contributed by atoms with Gasteiger partial charge in [0.2, 0.25) is 0 Å². The number of hydrogen-bond donors (Lipinski definition) is 0. The molecule has 1 nitrogen and oxygen atoms in total. The van der Waals surface area contributed by atoms with Gasteiger partial charge >= 0.3 is 0 Å². The number of rotatable bonds is 4. The summed E-state index contributed by atoms with van der Waals surface area (Å²) < 4.78 is 7.01. The molecule has 0 saturated heterocycles. The summed E-state index contributed by atoms with van der Waals surface area (Å²) in [6, 6.07) is 17.7. The molecule has 128 valence electrons. The minimum absolute atomic E-state index is 0.0657. The summed E-state index contributed by atoms with van der Waals surface area (Å²) in [5, 5.41) is 0. The van der Waals surface area contributed by atoms with E-state index in [0.29, 0.717) is 0 Å². The molecule has 0 saturated carbocycles. The molecule has 2 aliphatic carbocycles. The zero-order valence-corrected chi connectivity index (χ0v) is 16.2. The van der Waals surface area contributed by atoms with Crippen LogP contribution in [0.1, 0.15) is 36.5 Å². The van der Waals surface area contributed by atoms with Crippen LogP contribution in [0.25, 0.3) is 0 Å². The first kappa shape index (κ1) is 16.7. The number of fused-ring (bicyclic) bond motifs is 3. The highest BCUT2D eigenvalue weighted by Gasteiger charge is 2.41. The highest BCUT2D eigenvalue weighted by molar-refractivity contribution is 9.10. The Labute approximate surface area is 158 Å². The van der Waals surface area contributed by atoms with Crippen LogP contribution in [-0.2, 0) is 23.0 Å². The summed E-state index contributed by atoms with van der Waals surface area (Å²) in [4.78, 5) is 0. The predicted molar refractivity (Wildman–Crippen MR) is 107 cm³/mol. The molecule has 2 heteroatoms. The van der Waals surface area contributed by atoms with Crippen molar-refractivity contribution >= 4 is 15.9 Å². The van der Waals surface area contributed by atoms with Crippen molar-refractivity contribution in [1.29, 1.82) is 0 Å². The largest absolute Gasteiger partial charge is 0.498 e. The van der Waals surface area contributed by atoms with Crippen molar-refractivity contribution in [3.8, 4) is 0 Å². The summed E-state index contributed by atoms with van der Waals surface area (Å²) in [7, 11) is 0. The lowest BCUT2D eigenvalue weighted by molar-refractivity contribution is 0.204. The number of hydrogen-bond acceptors (Lipinski definition) is 1. The zero-order valence-electron chi connectivity index (χ0n) is 14.6. The summed E-state index contributed by atoms with van der Waals surface area (Å²) in [6.07, 6.45) is 8.87. The fraction of sp³-hybridized carbons (Fsp3) is 0.304. The lowest BCUT2D eigenvalue weighted by atomic mass is 9.61. The van der Waals surface area contributed by atoms with E-state index in [0.717, 1.165) is 38.0 Å². The number of allylic oxidation sites excluding steroid dienone is 4. The second kappa shape index (κ2) is 6.84. The average molecular weight is 395 g/mol. The van der Waals surface area contributed by atoms with E-state index in [1.165, 1.54) is 26.7 Å². The van der Waals surface area contributed by atoms with Gasteiger partial charge in [-0.05, 0) is 66.7 Å². The molecular formula is C23H23BrO. The van der Waals surface area contributed by atoms with E-state index in [1.54, 1.807) is 0 Å². The first-order chi connectivity index (χ1) is 12.2. The molecule has 25 heavy (non-hydrogen) atoms. The Balaban J connectivity index is 1.82. The van der Waals surface area contributed by atoms with Crippen LogP contribution < -0.4 is 0 Å². The maximum atomic E-state index is 5.85. The maximum Gasteiger partial charge on any atom is 0.0962 e. The molecule has 0 spiro atoms. The van der Waals surface area contributed by atoms with Crippen molar-refractivity contribution in [2.24, 2.45) is 0 Å². The van der Waals surface area contributed by atoms with Gasteiger partial charge in [-0.15, -0.1) is 0 Å². The van der Waals surface area contributed by atoms with Gasteiger partial charge in [0.15, 0.2) is 0 Å². The second-order valence-corrected chi connectivity index (χ2v) is 7.87. The van der Waals surface area contributed by atoms with Crippen molar-refractivity contribution in [3.05, 3.63) is 93.2 Å². The molecule has 0 aromatic heterocycles. The lowest BCUT2D eigenvalue weighted by Gasteiger charge is -2.43. The molecule has 2 aromatic carbocycles. The second-order valence-electron chi connectivity index (χ2n) is 6.95. The number of halogens is 1. The van der Waals surface area contributed by atoms with E-state index in [2.05, 4.69) is 83.5 Å². The summed E-state index contributed by atoms with van der Waals surface area (Å²) in [5.41, 5.74) is 5.83. The molecule has 0 heterocycles. The van der Waals surface area contributed by atoms with E-state index < -0.39 is 0 Å². The van der Waals surface area contributed by atoms with E-state index in [4.69, 9.17) is 4.74 Å². The van der Waals surface area contributed by atoms with E-state index in [1.807, 2.05) is 0 Å². The van der Waals surface area contributed by atoms with Crippen LogP contribution in [0.15, 0.2) is 76.5 Å². The van der Waals surface area contributed by atoms with Gasteiger partial charge in [-0.25, -0.2) is 0 Å². The molecule has 0 amide bonds. The van der Waals surface area contributed by atoms with Gasteiger partial charge in [-0.1, -0.05) is 58.4 Å². The normalized spacial score (nSPS) is 21.7. The third-order valence-electron chi connectivity index (χ3n) is 5.47. The highest BCUT2D eigenvalue weighted by atomic mass is 79.9. The Morgan fingerprint density at radius 2 is 1.96 bits per heavy atom. The van der Waals surface area contributed by atoms with Crippen LogP contribution in [0.2, 0.25) is 0 Å². The third-order valence-corrected chi connectivity index (χ3v) is 5.96. The Kier molecular flexibility index (Phi) is 4.56. The molecule has 0 radical (unpaired) electrons. The van der Waals surface area contributed by atoms with Crippen LogP contribution in [-0.4, -0.2) is 6.61 Å². The first-order valence-corrected chi connectivity index (χ1v) is 9.87. The summed E-state index contributed by atoms with van der Waals surface area (Å²) >= 11 is 3.64. The Hall–Kier alpha value is -1.80. The number of benzene rings is 2. The van der Waals surface area contributed by atoms with E-state index in [9.17, 15) is 0 Å². The van der Waals surface area contributed by atoms with Crippen LogP contribution in [0.5, 0.6) is 0 Å². The van der Waals surface area contributed by atoms with Crippen molar-refractivity contribution in [2.45, 2.75) is 38.0 Å². The van der Waals surface area contributed by atoms with Gasteiger partial charge in [0.25, 0.3) is 0 Å². The van der Waals surface area contributed by atoms with Gasteiger partial charge in [0.1, 0.15) is 0 Å². The molecule has 2 aromatic rings. The molecule has 2 aliphatic rings.